The number of carboxylic acid groups (broad SMARTS) is 1. The van der Waals surface area contributed by atoms with Crippen molar-refractivity contribution in [1.29, 1.82) is 0 Å². The Morgan fingerprint density at radius 3 is 1.80 bits per heavy atom. The Bertz CT molecular complexity index is 293. The van der Waals surface area contributed by atoms with Crippen LogP contribution in [-0.2, 0) is 4.79 Å². The fraction of sp³-hybridized carbons (Fsp3) is 0.909. The number of hydrogen-bond donors (Lipinski definition) is 1. The quantitative estimate of drug-likeness (QED) is 0.746. The number of aliphatic carboxylic acids is 1. The predicted molar refractivity (Wildman–Crippen MR) is 64.5 cm³/mol. The van der Waals surface area contributed by atoms with Gasteiger partial charge in [0.05, 0.1) is 5.92 Å². The number of carbonyl (C=O) groups is 1. The molecule has 0 atom stereocenters. The third-order valence-corrected chi connectivity index (χ3v) is 6.30. The molecule has 0 aromatic heterocycles. The molecular weight excluding hydrogens is 324 g/mol. The maximum Gasteiger partial charge on any atom is 0.307 e. The van der Waals surface area contributed by atoms with Crippen molar-refractivity contribution >= 4 is 37.8 Å². The molecular formula is C11H14Br2O2. The van der Waals surface area contributed by atoms with Crippen molar-refractivity contribution in [3.05, 3.63) is 0 Å². The molecule has 0 unspecified atom stereocenters. The lowest BCUT2D eigenvalue weighted by molar-refractivity contribution is -0.152. The largest absolute Gasteiger partial charge is 0.481 e. The second-order valence-electron chi connectivity index (χ2n) is 5.68. The predicted octanol–water partition coefficient (Wildman–Crippen LogP) is 3.18. The molecule has 4 aliphatic rings. The lowest BCUT2D eigenvalue weighted by Gasteiger charge is -2.60. The highest BCUT2D eigenvalue weighted by Crippen LogP contribution is 2.65. The van der Waals surface area contributed by atoms with Crippen LogP contribution in [0, 0.1) is 17.8 Å². The average Bonchev–Trinajstić information content (AvgIpc) is 1.94. The van der Waals surface area contributed by atoms with E-state index >= 15 is 0 Å². The molecule has 84 valence electrons. The zero-order chi connectivity index (χ0) is 10.8. The molecule has 4 fully saturated rings. The van der Waals surface area contributed by atoms with Crippen LogP contribution in [-0.4, -0.2) is 19.7 Å². The zero-order valence-corrected chi connectivity index (χ0v) is 11.6. The monoisotopic (exact) mass is 336 g/mol. The first-order chi connectivity index (χ1) is 6.91. The van der Waals surface area contributed by atoms with Crippen LogP contribution in [0.15, 0.2) is 0 Å². The van der Waals surface area contributed by atoms with Crippen molar-refractivity contribution in [2.75, 3.05) is 0 Å². The van der Waals surface area contributed by atoms with Gasteiger partial charge < -0.3 is 5.11 Å². The Labute approximate surface area is 106 Å². The molecule has 4 bridgehead atoms. The fourth-order valence-corrected chi connectivity index (χ4v) is 7.46. The smallest absolute Gasteiger partial charge is 0.307 e. The first-order valence-corrected chi connectivity index (χ1v) is 7.10. The lowest BCUT2D eigenvalue weighted by atomic mass is 9.51. The first-order valence-electron chi connectivity index (χ1n) is 5.52. The molecule has 0 radical (unpaired) electrons. The van der Waals surface area contributed by atoms with Crippen molar-refractivity contribution in [2.45, 2.75) is 40.8 Å². The van der Waals surface area contributed by atoms with Crippen LogP contribution in [0.3, 0.4) is 0 Å². The van der Waals surface area contributed by atoms with Gasteiger partial charge in [0, 0.05) is 8.65 Å². The van der Waals surface area contributed by atoms with E-state index in [1.165, 1.54) is 6.42 Å². The summed E-state index contributed by atoms with van der Waals surface area (Å²) >= 11 is 7.69. The van der Waals surface area contributed by atoms with Gasteiger partial charge in [0.15, 0.2) is 0 Å². The average molecular weight is 338 g/mol. The molecule has 0 aromatic carbocycles. The number of rotatable bonds is 1. The maximum absolute atomic E-state index is 11.3. The molecule has 0 heterocycles. The summed E-state index contributed by atoms with van der Waals surface area (Å²) in [6, 6.07) is 0. The summed E-state index contributed by atoms with van der Waals surface area (Å²) in [5, 5.41) is 9.28. The van der Waals surface area contributed by atoms with E-state index in [1.807, 2.05) is 0 Å². The highest BCUT2D eigenvalue weighted by atomic mass is 79.9. The third-order valence-electron chi connectivity index (χ3n) is 4.45. The van der Waals surface area contributed by atoms with Crippen LogP contribution in [0.25, 0.3) is 0 Å². The van der Waals surface area contributed by atoms with Crippen molar-refractivity contribution in [3.63, 3.8) is 0 Å². The molecule has 15 heavy (non-hydrogen) atoms. The van der Waals surface area contributed by atoms with Gasteiger partial charge in [-0.1, -0.05) is 31.9 Å². The van der Waals surface area contributed by atoms with Crippen LogP contribution in [0.2, 0.25) is 0 Å². The van der Waals surface area contributed by atoms with E-state index in [9.17, 15) is 9.90 Å². The minimum atomic E-state index is -0.573. The Morgan fingerprint density at radius 1 is 1.07 bits per heavy atom. The number of halogens is 2. The van der Waals surface area contributed by atoms with Gasteiger partial charge in [0.2, 0.25) is 0 Å². The van der Waals surface area contributed by atoms with Crippen LogP contribution in [0.4, 0.5) is 0 Å². The zero-order valence-electron chi connectivity index (χ0n) is 8.38. The molecule has 0 amide bonds. The standard InChI is InChI=1S/C11H14Br2O2/c12-10-1-6-2-11(13,5-10)4-7(3-10)8(6)9(14)15/h6-8H,1-5H2,(H,14,15). The van der Waals surface area contributed by atoms with Gasteiger partial charge in [-0.2, -0.15) is 0 Å². The maximum atomic E-state index is 11.3. The number of carboxylic acids is 1. The molecule has 4 aliphatic carbocycles. The van der Waals surface area contributed by atoms with Gasteiger partial charge in [0.25, 0.3) is 0 Å². The molecule has 2 nitrogen and oxygen atoms in total. The van der Waals surface area contributed by atoms with E-state index in [4.69, 9.17) is 0 Å². The van der Waals surface area contributed by atoms with Crippen LogP contribution >= 0.6 is 31.9 Å². The highest BCUT2D eigenvalue weighted by molar-refractivity contribution is 9.10. The Kier molecular flexibility index (Phi) is 2.12. The van der Waals surface area contributed by atoms with Crippen molar-refractivity contribution in [3.8, 4) is 0 Å². The summed E-state index contributed by atoms with van der Waals surface area (Å²) in [6.45, 7) is 0. The van der Waals surface area contributed by atoms with Crippen molar-refractivity contribution in [1.82, 2.24) is 0 Å². The third kappa shape index (κ3) is 1.51. The van der Waals surface area contributed by atoms with Crippen LogP contribution < -0.4 is 0 Å². The van der Waals surface area contributed by atoms with Crippen molar-refractivity contribution < 1.29 is 9.90 Å². The minimum absolute atomic E-state index is 0.0818. The van der Waals surface area contributed by atoms with E-state index in [0.717, 1.165) is 25.7 Å². The van der Waals surface area contributed by atoms with Crippen LogP contribution in [0.5, 0.6) is 0 Å². The summed E-state index contributed by atoms with van der Waals surface area (Å²) in [6.07, 6.45) is 5.36. The van der Waals surface area contributed by atoms with E-state index in [-0.39, 0.29) is 14.6 Å². The van der Waals surface area contributed by atoms with Gasteiger partial charge in [-0.25, -0.2) is 0 Å². The van der Waals surface area contributed by atoms with Crippen molar-refractivity contribution in [2.24, 2.45) is 17.8 Å². The molecule has 4 rings (SSSR count). The normalized spacial score (nSPS) is 57.1. The Hall–Kier alpha value is 0.430. The molecule has 0 aliphatic heterocycles. The lowest BCUT2D eigenvalue weighted by Crippen LogP contribution is -2.59. The molecule has 1 N–H and O–H groups in total. The van der Waals surface area contributed by atoms with Gasteiger partial charge in [0.1, 0.15) is 0 Å². The van der Waals surface area contributed by atoms with Gasteiger partial charge >= 0.3 is 5.97 Å². The fourth-order valence-electron chi connectivity index (χ4n) is 4.34. The van der Waals surface area contributed by atoms with E-state index in [0.29, 0.717) is 11.8 Å². The highest BCUT2D eigenvalue weighted by Gasteiger charge is 2.61. The summed E-state index contributed by atoms with van der Waals surface area (Å²) in [5.41, 5.74) is 0. The summed E-state index contributed by atoms with van der Waals surface area (Å²) in [4.78, 5) is 11.3. The summed E-state index contributed by atoms with van der Waals surface area (Å²) in [7, 11) is 0. The topological polar surface area (TPSA) is 37.3 Å². The summed E-state index contributed by atoms with van der Waals surface area (Å²) in [5.74, 6) is 0.0997. The van der Waals surface area contributed by atoms with Gasteiger partial charge in [-0.3, -0.25) is 4.79 Å². The first kappa shape index (κ1) is 10.6. The van der Waals surface area contributed by atoms with Crippen LogP contribution in [0.1, 0.15) is 32.1 Å². The Balaban J connectivity index is 1.97. The summed E-state index contributed by atoms with van der Waals surface area (Å²) < 4.78 is 0.461. The molecule has 0 saturated heterocycles. The number of alkyl halides is 2. The van der Waals surface area contributed by atoms with E-state index in [2.05, 4.69) is 31.9 Å². The Morgan fingerprint density at radius 2 is 1.47 bits per heavy atom. The molecule has 4 saturated carbocycles. The minimum Gasteiger partial charge on any atom is -0.481 e. The van der Waals surface area contributed by atoms with Gasteiger partial charge in [-0.15, -0.1) is 0 Å². The molecule has 0 aromatic rings. The van der Waals surface area contributed by atoms with E-state index < -0.39 is 5.97 Å². The van der Waals surface area contributed by atoms with E-state index in [1.54, 1.807) is 0 Å². The number of hydrogen-bond acceptors (Lipinski definition) is 1. The molecule has 4 heteroatoms. The second kappa shape index (κ2) is 3.00. The SMILES string of the molecule is O=C(O)C1C2CC3(Br)CC1CC(Br)(C2)C3. The molecule has 0 spiro atoms. The second-order valence-corrected chi connectivity index (χ2v) is 9.04. The van der Waals surface area contributed by atoms with Gasteiger partial charge in [-0.05, 0) is 43.9 Å².